The van der Waals surface area contributed by atoms with Crippen LogP contribution in [0.2, 0.25) is 0 Å². The van der Waals surface area contributed by atoms with Crippen molar-refractivity contribution in [2.75, 3.05) is 13.2 Å². The van der Waals surface area contributed by atoms with Crippen LogP contribution < -0.4 is 15.4 Å². The van der Waals surface area contributed by atoms with Crippen LogP contribution in [0.4, 0.5) is 13.2 Å². The first-order chi connectivity index (χ1) is 14.4. The SMILES string of the molecule is CCNC(=NCc1ccc(OCC(F)(F)F)cc1)NCc1coc(-c2cccs2)n1.I. The molecule has 168 valence electrons. The quantitative estimate of drug-likeness (QED) is 0.223. The van der Waals surface area contributed by atoms with E-state index in [9.17, 15) is 13.2 Å². The summed E-state index contributed by atoms with van der Waals surface area (Å²) in [5.41, 5.74) is 1.59. The van der Waals surface area contributed by atoms with Crippen LogP contribution in [-0.2, 0) is 13.1 Å². The fourth-order valence-electron chi connectivity index (χ4n) is 2.44. The van der Waals surface area contributed by atoms with Gasteiger partial charge >= 0.3 is 6.18 Å². The van der Waals surface area contributed by atoms with Gasteiger partial charge in [0, 0.05) is 6.54 Å². The Morgan fingerprint density at radius 1 is 1.19 bits per heavy atom. The van der Waals surface area contributed by atoms with Crippen LogP contribution in [-0.4, -0.2) is 30.3 Å². The summed E-state index contributed by atoms with van der Waals surface area (Å²) >= 11 is 1.56. The summed E-state index contributed by atoms with van der Waals surface area (Å²) in [6.45, 7) is 2.11. The highest BCUT2D eigenvalue weighted by Crippen LogP contribution is 2.23. The van der Waals surface area contributed by atoms with Gasteiger partial charge in [0.25, 0.3) is 0 Å². The molecule has 1 aromatic carbocycles. The van der Waals surface area contributed by atoms with E-state index in [4.69, 9.17) is 9.15 Å². The Morgan fingerprint density at radius 3 is 2.61 bits per heavy atom. The molecule has 0 aliphatic carbocycles. The number of benzene rings is 1. The van der Waals surface area contributed by atoms with Crippen LogP contribution in [0.15, 0.2) is 57.5 Å². The second-order valence-electron chi connectivity index (χ2n) is 6.22. The maximum atomic E-state index is 12.2. The van der Waals surface area contributed by atoms with E-state index in [1.807, 2.05) is 24.4 Å². The first-order valence-electron chi connectivity index (χ1n) is 9.22. The van der Waals surface area contributed by atoms with Gasteiger partial charge in [-0.15, -0.1) is 35.3 Å². The molecular weight excluding hydrogens is 544 g/mol. The molecule has 0 aliphatic rings. The second kappa shape index (κ2) is 11.9. The Labute approximate surface area is 199 Å². The van der Waals surface area contributed by atoms with E-state index in [0.717, 1.165) is 16.1 Å². The smallest absolute Gasteiger partial charge is 0.422 e. The summed E-state index contributed by atoms with van der Waals surface area (Å²) in [4.78, 5) is 9.90. The summed E-state index contributed by atoms with van der Waals surface area (Å²) in [5.74, 6) is 1.34. The lowest BCUT2D eigenvalue weighted by Crippen LogP contribution is -2.36. The van der Waals surface area contributed by atoms with Gasteiger partial charge in [-0.1, -0.05) is 18.2 Å². The van der Waals surface area contributed by atoms with E-state index in [2.05, 4.69) is 20.6 Å². The number of halogens is 4. The van der Waals surface area contributed by atoms with Gasteiger partial charge in [-0.2, -0.15) is 13.2 Å². The van der Waals surface area contributed by atoms with Crippen molar-refractivity contribution in [1.29, 1.82) is 0 Å². The van der Waals surface area contributed by atoms with Crippen LogP contribution in [0.5, 0.6) is 5.75 Å². The maximum absolute atomic E-state index is 12.2. The predicted octanol–water partition coefficient (Wildman–Crippen LogP) is 5.22. The molecule has 0 radical (unpaired) electrons. The molecule has 2 aromatic heterocycles. The van der Waals surface area contributed by atoms with Gasteiger partial charge in [0.2, 0.25) is 5.89 Å². The van der Waals surface area contributed by atoms with Crippen molar-refractivity contribution in [1.82, 2.24) is 15.6 Å². The van der Waals surface area contributed by atoms with Crippen LogP contribution >= 0.6 is 35.3 Å². The minimum atomic E-state index is -4.36. The molecule has 0 spiro atoms. The molecule has 11 heteroatoms. The van der Waals surface area contributed by atoms with Crippen molar-refractivity contribution >= 4 is 41.3 Å². The topological polar surface area (TPSA) is 71.7 Å². The Morgan fingerprint density at radius 2 is 1.97 bits per heavy atom. The van der Waals surface area contributed by atoms with Gasteiger partial charge in [-0.3, -0.25) is 0 Å². The summed E-state index contributed by atoms with van der Waals surface area (Å²) in [5, 5.41) is 8.28. The standard InChI is InChI=1S/C20H21F3N4O2S.HI/c1-2-24-19(26-11-15-12-28-18(27-15)17-4-3-9-30-17)25-10-14-5-7-16(8-6-14)29-13-20(21,22)23;/h3-9,12H,2,10-11,13H2,1H3,(H2,24,25,26);1H. The molecule has 3 aromatic rings. The number of oxazole rings is 1. The highest BCUT2D eigenvalue weighted by molar-refractivity contribution is 14.0. The van der Waals surface area contributed by atoms with Crippen molar-refractivity contribution in [3.05, 3.63) is 59.3 Å². The third kappa shape index (κ3) is 8.40. The fourth-order valence-corrected chi connectivity index (χ4v) is 3.10. The van der Waals surface area contributed by atoms with E-state index in [1.165, 1.54) is 12.1 Å². The molecule has 0 saturated heterocycles. The number of rotatable bonds is 8. The van der Waals surface area contributed by atoms with Gasteiger partial charge in [0.05, 0.1) is 23.7 Å². The van der Waals surface area contributed by atoms with Crippen LogP contribution in [0, 0.1) is 0 Å². The Hall–Kier alpha value is -2.28. The number of thiophene rings is 1. The minimum absolute atomic E-state index is 0. The number of aliphatic imine (C=N–C) groups is 1. The zero-order valence-electron chi connectivity index (χ0n) is 16.6. The van der Waals surface area contributed by atoms with Crippen molar-refractivity contribution in [2.45, 2.75) is 26.2 Å². The van der Waals surface area contributed by atoms with Crippen molar-refractivity contribution < 1.29 is 22.3 Å². The number of aromatic nitrogens is 1. The number of alkyl halides is 3. The van der Waals surface area contributed by atoms with E-state index in [-0.39, 0.29) is 29.7 Å². The zero-order valence-corrected chi connectivity index (χ0v) is 19.8. The van der Waals surface area contributed by atoms with Crippen LogP contribution in [0.25, 0.3) is 10.8 Å². The monoisotopic (exact) mass is 566 g/mol. The number of nitrogens with zero attached hydrogens (tertiary/aromatic N) is 2. The lowest BCUT2D eigenvalue weighted by molar-refractivity contribution is -0.153. The number of ether oxygens (including phenoxy) is 1. The number of guanidine groups is 1. The zero-order chi connectivity index (χ0) is 21.4. The summed E-state index contributed by atoms with van der Waals surface area (Å²) in [7, 11) is 0. The van der Waals surface area contributed by atoms with Crippen LogP contribution in [0.1, 0.15) is 18.2 Å². The Balaban J connectivity index is 0.00000341. The molecule has 31 heavy (non-hydrogen) atoms. The molecule has 2 N–H and O–H groups in total. The Kier molecular flexibility index (Phi) is 9.62. The maximum Gasteiger partial charge on any atom is 0.422 e. The molecule has 0 aliphatic heterocycles. The molecule has 0 bridgehead atoms. The third-order valence-corrected chi connectivity index (χ3v) is 4.67. The highest BCUT2D eigenvalue weighted by Gasteiger charge is 2.28. The predicted molar refractivity (Wildman–Crippen MR) is 125 cm³/mol. The largest absolute Gasteiger partial charge is 0.484 e. The van der Waals surface area contributed by atoms with E-state index < -0.39 is 12.8 Å². The van der Waals surface area contributed by atoms with Gasteiger partial charge in [0.1, 0.15) is 12.0 Å². The average Bonchev–Trinajstić information content (AvgIpc) is 3.40. The summed E-state index contributed by atoms with van der Waals surface area (Å²) < 4.78 is 46.8. The molecule has 0 atom stereocenters. The fraction of sp³-hybridized carbons (Fsp3) is 0.300. The van der Waals surface area contributed by atoms with Gasteiger partial charge in [-0.05, 0) is 36.1 Å². The molecule has 0 fully saturated rings. The normalized spacial score (nSPS) is 11.7. The first-order valence-corrected chi connectivity index (χ1v) is 10.1. The minimum Gasteiger partial charge on any atom is -0.484 e. The molecule has 0 amide bonds. The summed E-state index contributed by atoms with van der Waals surface area (Å²) in [6, 6.07) is 10.2. The van der Waals surface area contributed by atoms with Crippen molar-refractivity contribution in [3.8, 4) is 16.5 Å². The van der Waals surface area contributed by atoms with E-state index in [1.54, 1.807) is 29.7 Å². The molecule has 3 rings (SSSR count). The molecule has 0 saturated carbocycles. The van der Waals surface area contributed by atoms with E-state index in [0.29, 0.717) is 31.5 Å². The number of hydrogen-bond acceptors (Lipinski definition) is 5. The van der Waals surface area contributed by atoms with E-state index >= 15 is 0 Å². The van der Waals surface area contributed by atoms with Crippen molar-refractivity contribution in [3.63, 3.8) is 0 Å². The van der Waals surface area contributed by atoms with Gasteiger partial charge in [-0.25, -0.2) is 9.98 Å². The first kappa shape index (κ1) is 25.0. The average molecular weight is 566 g/mol. The molecule has 2 heterocycles. The lowest BCUT2D eigenvalue weighted by Gasteiger charge is -2.11. The molecule has 6 nitrogen and oxygen atoms in total. The molecule has 0 unspecified atom stereocenters. The second-order valence-corrected chi connectivity index (χ2v) is 7.17. The number of hydrogen-bond donors (Lipinski definition) is 2. The summed E-state index contributed by atoms with van der Waals surface area (Å²) in [6.07, 6.45) is -2.75. The Bertz CT molecular complexity index is 944. The lowest BCUT2D eigenvalue weighted by atomic mass is 10.2. The van der Waals surface area contributed by atoms with Crippen LogP contribution in [0.3, 0.4) is 0 Å². The highest BCUT2D eigenvalue weighted by atomic mass is 127. The number of nitrogens with one attached hydrogen (secondary N) is 2. The van der Waals surface area contributed by atoms with Gasteiger partial charge < -0.3 is 19.8 Å². The van der Waals surface area contributed by atoms with Crippen molar-refractivity contribution in [2.24, 2.45) is 4.99 Å². The van der Waals surface area contributed by atoms with Gasteiger partial charge in [0.15, 0.2) is 12.6 Å². The third-order valence-electron chi connectivity index (χ3n) is 3.81. The molecular formula is C20H22F3IN4O2S.